The number of carbonyl (C=O) groups excluding carboxylic acids is 1. The van der Waals surface area contributed by atoms with E-state index < -0.39 is 20.7 Å². The first-order valence-corrected chi connectivity index (χ1v) is 10.3. The van der Waals surface area contributed by atoms with E-state index in [-0.39, 0.29) is 10.5 Å². The maximum absolute atomic E-state index is 13.0. The van der Waals surface area contributed by atoms with Gasteiger partial charge in [0.25, 0.3) is 0 Å². The number of hydrogen-bond acceptors (Lipinski definition) is 5. The van der Waals surface area contributed by atoms with Crippen molar-refractivity contribution in [1.82, 2.24) is 0 Å². The highest BCUT2D eigenvalue weighted by Crippen LogP contribution is 2.18. The molecule has 5 nitrogen and oxygen atoms in total. The van der Waals surface area contributed by atoms with Gasteiger partial charge >= 0.3 is 0 Å². The van der Waals surface area contributed by atoms with E-state index in [1.807, 2.05) is 0 Å². The number of carbonyl (C=O) groups is 1. The maximum atomic E-state index is 13.0. The van der Waals surface area contributed by atoms with Crippen molar-refractivity contribution in [1.29, 1.82) is 0 Å². The van der Waals surface area contributed by atoms with E-state index in [9.17, 15) is 13.2 Å². The third-order valence-electron chi connectivity index (χ3n) is 3.67. The number of hydrogen-bond donors (Lipinski definition) is 1. The molecular weight excluding hydrogens is 428 g/mol. The minimum Gasteiger partial charge on any atom is -0.286 e. The van der Waals surface area contributed by atoms with Crippen molar-refractivity contribution in [3.8, 4) is 0 Å². The van der Waals surface area contributed by atoms with Gasteiger partial charge in [-0.25, -0.2) is 8.42 Å². The SMILES string of the molecule is O=C(/C(=N/Nc1ccc(Br)cc1)S(=O)(=O)c1ccccc1)c1ccccc1. The van der Waals surface area contributed by atoms with Crippen LogP contribution < -0.4 is 5.43 Å². The normalized spacial score (nSPS) is 11.8. The lowest BCUT2D eigenvalue weighted by atomic mass is 10.1. The number of sulfone groups is 1. The van der Waals surface area contributed by atoms with Gasteiger partial charge in [0.05, 0.1) is 10.6 Å². The number of Topliss-reactive ketones (excluding diaryl/α,β-unsaturated/α-hetero) is 1. The molecule has 0 aliphatic heterocycles. The zero-order chi connectivity index (χ0) is 19.3. The third-order valence-corrected chi connectivity index (χ3v) is 5.88. The van der Waals surface area contributed by atoms with Crippen LogP contribution in [0.1, 0.15) is 10.4 Å². The van der Waals surface area contributed by atoms with Gasteiger partial charge in [0, 0.05) is 10.0 Å². The van der Waals surface area contributed by atoms with Crippen molar-refractivity contribution >= 4 is 42.3 Å². The predicted octanol–water partition coefficient (Wildman–Crippen LogP) is 4.53. The van der Waals surface area contributed by atoms with E-state index >= 15 is 0 Å². The molecule has 0 saturated heterocycles. The first kappa shape index (κ1) is 19.0. The monoisotopic (exact) mass is 442 g/mol. The summed E-state index contributed by atoms with van der Waals surface area (Å²) in [5.41, 5.74) is 3.46. The average molecular weight is 443 g/mol. The molecule has 0 spiro atoms. The fourth-order valence-corrected chi connectivity index (χ4v) is 3.83. The molecular formula is C20H15BrN2O3S. The molecule has 0 amide bonds. The van der Waals surface area contributed by atoms with Crippen molar-refractivity contribution in [2.24, 2.45) is 5.10 Å². The molecule has 3 rings (SSSR count). The van der Waals surface area contributed by atoms with Crippen molar-refractivity contribution in [3.63, 3.8) is 0 Å². The fraction of sp³-hybridized carbons (Fsp3) is 0. The van der Waals surface area contributed by atoms with E-state index in [1.54, 1.807) is 72.8 Å². The van der Waals surface area contributed by atoms with Crippen LogP contribution in [0.15, 0.2) is 99.4 Å². The number of hydrazone groups is 1. The van der Waals surface area contributed by atoms with Crippen molar-refractivity contribution in [2.75, 3.05) is 5.43 Å². The minimum atomic E-state index is -4.10. The smallest absolute Gasteiger partial charge is 0.229 e. The third kappa shape index (κ3) is 4.50. The second-order valence-corrected chi connectivity index (χ2v) is 8.33. The zero-order valence-corrected chi connectivity index (χ0v) is 16.4. The number of halogens is 1. The van der Waals surface area contributed by atoms with Crippen LogP contribution in [0.2, 0.25) is 0 Å². The molecule has 0 fully saturated rings. The Bertz CT molecular complexity index is 1070. The summed E-state index contributed by atoms with van der Waals surface area (Å²) in [6, 6.07) is 22.9. The molecule has 7 heteroatoms. The number of anilines is 1. The first-order chi connectivity index (χ1) is 13.0. The molecule has 3 aromatic carbocycles. The Morgan fingerprint density at radius 1 is 0.815 bits per heavy atom. The van der Waals surface area contributed by atoms with Crippen LogP contribution in [0.3, 0.4) is 0 Å². The van der Waals surface area contributed by atoms with E-state index in [2.05, 4.69) is 26.5 Å². The molecule has 0 saturated carbocycles. The van der Waals surface area contributed by atoms with Gasteiger partial charge < -0.3 is 0 Å². The standard InChI is InChI=1S/C20H15BrN2O3S/c21-16-11-13-17(14-12-16)22-23-20(19(24)15-7-3-1-4-8-15)27(25,26)18-9-5-2-6-10-18/h1-14,22H/b23-20-. The summed E-state index contributed by atoms with van der Waals surface area (Å²) in [6.45, 7) is 0. The highest BCUT2D eigenvalue weighted by molar-refractivity contribution is 9.10. The van der Waals surface area contributed by atoms with Gasteiger partial charge in [0.15, 0.2) is 0 Å². The van der Waals surface area contributed by atoms with E-state index in [1.165, 1.54) is 12.1 Å². The highest BCUT2D eigenvalue weighted by Gasteiger charge is 2.30. The van der Waals surface area contributed by atoms with Gasteiger partial charge in [-0.1, -0.05) is 64.5 Å². The summed E-state index contributed by atoms with van der Waals surface area (Å²) in [7, 11) is -4.10. The number of rotatable bonds is 5. The number of ketones is 1. The summed E-state index contributed by atoms with van der Waals surface area (Å²) in [5.74, 6) is -0.677. The van der Waals surface area contributed by atoms with Crippen LogP contribution in [0.25, 0.3) is 0 Å². The molecule has 0 aliphatic rings. The van der Waals surface area contributed by atoms with Crippen molar-refractivity contribution < 1.29 is 13.2 Å². The minimum absolute atomic E-state index is 0.00522. The van der Waals surface area contributed by atoms with Crippen LogP contribution in [-0.4, -0.2) is 19.2 Å². The predicted molar refractivity (Wildman–Crippen MR) is 110 cm³/mol. The molecule has 0 unspecified atom stereocenters. The Hall–Kier alpha value is -2.77. The van der Waals surface area contributed by atoms with Gasteiger partial charge in [-0.05, 0) is 36.4 Å². The van der Waals surface area contributed by atoms with Crippen LogP contribution in [0.4, 0.5) is 5.69 Å². The largest absolute Gasteiger partial charge is 0.286 e. The molecule has 0 aliphatic carbocycles. The van der Waals surface area contributed by atoms with E-state index in [0.717, 1.165) is 4.47 Å². The number of nitrogens with zero attached hydrogens (tertiary/aromatic N) is 1. The quantitative estimate of drug-likeness (QED) is 0.272. The molecule has 0 bridgehead atoms. The van der Waals surface area contributed by atoms with Crippen molar-refractivity contribution in [2.45, 2.75) is 4.90 Å². The molecule has 0 aromatic heterocycles. The lowest BCUT2D eigenvalue weighted by Crippen LogP contribution is -2.26. The number of benzene rings is 3. The summed E-state index contributed by atoms with van der Waals surface area (Å²) in [5, 5.41) is 3.40. The Balaban J connectivity index is 2.04. The Morgan fingerprint density at radius 2 is 1.37 bits per heavy atom. The Labute approximate surface area is 165 Å². The second-order valence-electron chi connectivity index (χ2n) is 5.55. The molecule has 27 heavy (non-hydrogen) atoms. The van der Waals surface area contributed by atoms with Crippen LogP contribution in [-0.2, 0) is 9.84 Å². The summed E-state index contributed by atoms with van der Waals surface area (Å²) in [6.07, 6.45) is 0. The highest BCUT2D eigenvalue weighted by atomic mass is 79.9. The van der Waals surface area contributed by atoms with Crippen molar-refractivity contribution in [3.05, 3.63) is 95.0 Å². The van der Waals surface area contributed by atoms with Gasteiger partial charge in [-0.3, -0.25) is 10.2 Å². The Morgan fingerprint density at radius 3 is 1.96 bits per heavy atom. The maximum Gasteiger partial charge on any atom is 0.229 e. The molecule has 3 aromatic rings. The molecule has 1 N–H and O–H groups in total. The molecule has 0 atom stereocenters. The average Bonchev–Trinajstić information content (AvgIpc) is 2.70. The molecule has 0 heterocycles. The molecule has 0 radical (unpaired) electrons. The summed E-state index contributed by atoms with van der Waals surface area (Å²) in [4.78, 5) is 12.9. The van der Waals surface area contributed by atoms with Gasteiger partial charge in [-0.15, -0.1) is 0 Å². The molecule has 136 valence electrons. The summed E-state index contributed by atoms with van der Waals surface area (Å²) >= 11 is 3.33. The second kappa shape index (κ2) is 8.28. The topological polar surface area (TPSA) is 75.6 Å². The van der Waals surface area contributed by atoms with Gasteiger partial charge in [-0.2, -0.15) is 5.10 Å². The Kier molecular flexibility index (Phi) is 5.83. The van der Waals surface area contributed by atoms with Gasteiger partial charge in [0.2, 0.25) is 20.7 Å². The van der Waals surface area contributed by atoms with Crippen LogP contribution in [0, 0.1) is 0 Å². The van der Waals surface area contributed by atoms with Crippen LogP contribution >= 0.6 is 15.9 Å². The van der Waals surface area contributed by atoms with E-state index in [4.69, 9.17) is 0 Å². The summed E-state index contributed by atoms with van der Waals surface area (Å²) < 4.78 is 26.9. The first-order valence-electron chi connectivity index (χ1n) is 7.97. The lowest BCUT2D eigenvalue weighted by Gasteiger charge is -2.09. The zero-order valence-electron chi connectivity index (χ0n) is 14.0. The fourth-order valence-electron chi connectivity index (χ4n) is 2.30. The van der Waals surface area contributed by atoms with Gasteiger partial charge in [0.1, 0.15) is 0 Å². The number of nitrogens with one attached hydrogen (secondary N) is 1. The lowest BCUT2D eigenvalue weighted by molar-refractivity contribution is 0.106. The van der Waals surface area contributed by atoms with Crippen LogP contribution in [0.5, 0.6) is 0 Å². The van der Waals surface area contributed by atoms with E-state index in [0.29, 0.717) is 5.69 Å².